The predicted octanol–water partition coefficient (Wildman–Crippen LogP) is -0.205. The molecule has 168 valence electrons. The molecule has 9 heteroatoms. The van der Waals surface area contributed by atoms with Crippen molar-refractivity contribution in [3.05, 3.63) is 94.5 Å². The molecule has 0 aliphatic carbocycles. The van der Waals surface area contributed by atoms with Crippen LogP contribution in [0.15, 0.2) is 82.6 Å². The van der Waals surface area contributed by atoms with Gasteiger partial charge < -0.3 is 20.3 Å². The molecule has 3 aromatic carbocycles. The number of carbonyl (C=O) groups is 1. The first kappa shape index (κ1) is 27.5. The number of aliphatic hydroxyl groups excluding tert-OH is 1. The molecule has 0 heterocycles. The number of aromatic carboxylic acids is 1. The number of nitrogens with one attached hydrogen (secondary N) is 1. The van der Waals surface area contributed by atoms with Gasteiger partial charge in [0.25, 0.3) is 0 Å². The molecule has 0 radical (unpaired) electrons. The van der Waals surface area contributed by atoms with Crippen LogP contribution in [-0.4, -0.2) is 32.1 Å². The first-order valence-corrected chi connectivity index (χ1v) is 11.9. The summed E-state index contributed by atoms with van der Waals surface area (Å²) in [5.74, 6) is -1.36. The van der Waals surface area contributed by atoms with Crippen LogP contribution in [-0.2, 0) is 16.3 Å². The number of hydrogen-bond donors (Lipinski definition) is 2. The van der Waals surface area contributed by atoms with Crippen LogP contribution < -0.4 is 40.0 Å². The van der Waals surface area contributed by atoms with Crippen LogP contribution >= 0.6 is 11.6 Å². The van der Waals surface area contributed by atoms with Gasteiger partial charge >= 0.3 is 29.6 Å². The number of hydrogen-bond acceptors (Lipinski definition) is 6. The summed E-state index contributed by atoms with van der Waals surface area (Å²) in [6, 6.07) is 18.6. The standard InChI is InChI=1S/C24H24ClNO5S.Na/c1-16(26-15-23(27)18-4-8-20(25)9-5-18)14-17-2-10-21(11-3-17)32(30,31)22-12-6-19(7-13-22)24(28)29;/h2-13,16,23,26-27H,14-15H2,1H3,(H,28,29);/q;+1/p-1/t16-,23+;/m1./s1. The van der Waals surface area contributed by atoms with E-state index in [1.54, 1.807) is 36.4 Å². The Kier molecular flexibility index (Phi) is 10.1. The number of rotatable bonds is 9. The van der Waals surface area contributed by atoms with Gasteiger partial charge in [-0.3, -0.25) is 0 Å². The van der Waals surface area contributed by atoms with E-state index in [-0.39, 0.29) is 51.0 Å². The molecule has 6 nitrogen and oxygen atoms in total. The van der Waals surface area contributed by atoms with Crippen molar-refractivity contribution in [1.82, 2.24) is 5.32 Å². The minimum absolute atomic E-state index is 0. The van der Waals surface area contributed by atoms with Crippen LogP contribution in [0.1, 0.15) is 34.5 Å². The van der Waals surface area contributed by atoms with E-state index in [1.807, 2.05) is 6.92 Å². The maximum atomic E-state index is 12.8. The van der Waals surface area contributed by atoms with E-state index < -0.39 is 21.9 Å². The number of carboxylic acid groups (broad SMARTS) is 1. The van der Waals surface area contributed by atoms with Gasteiger partial charge in [0.05, 0.1) is 21.9 Å². The van der Waals surface area contributed by atoms with Gasteiger partial charge in [-0.05, 0) is 66.4 Å². The Bertz CT molecular complexity index is 1170. The van der Waals surface area contributed by atoms with Gasteiger partial charge in [0.15, 0.2) is 0 Å². The molecule has 0 unspecified atom stereocenters. The largest absolute Gasteiger partial charge is 1.00 e. The smallest absolute Gasteiger partial charge is 0.545 e. The van der Waals surface area contributed by atoms with E-state index in [2.05, 4.69) is 5.32 Å². The van der Waals surface area contributed by atoms with Gasteiger partial charge in [-0.2, -0.15) is 0 Å². The quantitative estimate of drug-likeness (QED) is 0.398. The van der Waals surface area contributed by atoms with Crippen molar-refractivity contribution in [3.8, 4) is 0 Å². The molecule has 0 aromatic heterocycles. The van der Waals surface area contributed by atoms with Gasteiger partial charge in [-0.1, -0.05) is 48.0 Å². The first-order chi connectivity index (χ1) is 15.2. The van der Waals surface area contributed by atoms with E-state index in [0.29, 0.717) is 18.0 Å². The zero-order valence-corrected chi connectivity index (χ0v) is 21.9. The first-order valence-electron chi connectivity index (χ1n) is 9.99. The zero-order chi connectivity index (χ0) is 23.3. The average Bonchev–Trinajstić information content (AvgIpc) is 2.78. The van der Waals surface area contributed by atoms with E-state index >= 15 is 0 Å². The number of aliphatic hydroxyl groups is 1. The Morgan fingerprint density at radius 1 is 0.970 bits per heavy atom. The van der Waals surface area contributed by atoms with Crippen LogP contribution in [0.3, 0.4) is 0 Å². The molecule has 0 aliphatic heterocycles. The Morgan fingerprint density at radius 2 is 1.48 bits per heavy atom. The molecule has 2 atom stereocenters. The van der Waals surface area contributed by atoms with Crippen molar-refractivity contribution >= 4 is 27.4 Å². The van der Waals surface area contributed by atoms with Crippen molar-refractivity contribution in [1.29, 1.82) is 0 Å². The molecule has 3 aromatic rings. The summed E-state index contributed by atoms with van der Waals surface area (Å²) in [4.78, 5) is 11.0. The molecule has 33 heavy (non-hydrogen) atoms. The van der Waals surface area contributed by atoms with Crippen LogP contribution in [0.2, 0.25) is 5.02 Å². The molecule has 0 aliphatic rings. The summed E-state index contributed by atoms with van der Waals surface area (Å²) in [5.41, 5.74) is 1.63. The van der Waals surface area contributed by atoms with Crippen LogP contribution in [0.25, 0.3) is 0 Å². The average molecular weight is 496 g/mol. The van der Waals surface area contributed by atoms with Crippen molar-refractivity contribution in [2.24, 2.45) is 0 Å². The van der Waals surface area contributed by atoms with E-state index in [4.69, 9.17) is 11.6 Å². The normalized spacial score (nSPS) is 13.1. The molecular formula is C24H23ClNNaO5S. The van der Waals surface area contributed by atoms with Gasteiger partial charge in [0, 0.05) is 17.6 Å². The topological polar surface area (TPSA) is 107 Å². The molecule has 0 fully saturated rings. The molecule has 2 N–H and O–H groups in total. The van der Waals surface area contributed by atoms with Gasteiger partial charge in [-0.25, -0.2) is 8.42 Å². The number of halogens is 1. The maximum absolute atomic E-state index is 12.8. The molecule has 0 bridgehead atoms. The third-order valence-corrected chi connectivity index (χ3v) is 7.13. The minimum atomic E-state index is -3.75. The van der Waals surface area contributed by atoms with E-state index in [1.165, 1.54) is 36.4 Å². The number of benzene rings is 3. The van der Waals surface area contributed by atoms with Crippen molar-refractivity contribution in [2.45, 2.75) is 35.3 Å². The summed E-state index contributed by atoms with van der Waals surface area (Å²) < 4.78 is 25.5. The fraction of sp³-hybridized carbons (Fsp3) is 0.208. The minimum Gasteiger partial charge on any atom is -0.545 e. The van der Waals surface area contributed by atoms with Crippen LogP contribution in [0.4, 0.5) is 0 Å². The Balaban J connectivity index is 0.00000385. The SMILES string of the molecule is C[C@H](Cc1ccc(S(=O)(=O)c2ccc(C(=O)[O-])cc2)cc1)NC[C@H](O)c1ccc(Cl)cc1.[Na+]. The monoisotopic (exact) mass is 495 g/mol. The number of sulfone groups is 1. The van der Waals surface area contributed by atoms with Crippen molar-refractivity contribution in [2.75, 3.05) is 6.54 Å². The summed E-state index contributed by atoms with van der Waals surface area (Å²) in [7, 11) is -3.75. The third-order valence-electron chi connectivity index (χ3n) is 5.09. The Morgan fingerprint density at radius 3 is 2.00 bits per heavy atom. The van der Waals surface area contributed by atoms with Gasteiger partial charge in [-0.15, -0.1) is 0 Å². The fourth-order valence-electron chi connectivity index (χ4n) is 3.25. The molecular weight excluding hydrogens is 473 g/mol. The number of carbonyl (C=O) groups excluding carboxylic acids is 1. The van der Waals surface area contributed by atoms with Gasteiger partial charge in [0.2, 0.25) is 9.84 Å². The van der Waals surface area contributed by atoms with Crippen molar-refractivity contribution in [3.63, 3.8) is 0 Å². The second-order valence-electron chi connectivity index (χ2n) is 7.54. The van der Waals surface area contributed by atoms with Crippen LogP contribution in [0.5, 0.6) is 0 Å². The summed E-state index contributed by atoms with van der Waals surface area (Å²) in [6.45, 7) is 2.36. The van der Waals surface area contributed by atoms with Gasteiger partial charge in [0.1, 0.15) is 0 Å². The molecule has 0 saturated carbocycles. The maximum Gasteiger partial charge on any atom is 1.00 e. The zero-order valence-electron chi connectivity index (χ0n) is 18.4. The summed E-state index contributed by atoms with van der Waals surface area (Å²) in [6.07, 6.45) is -0.0147. The summed E-state index contributed by atoms with van der Waals surface area (Å²) in [5, 5.41) is 25.0. The second kappa shape index (κ2) is 12.1. The molecule has 0 amide bonds. The Labute approximate surface area is 220 Å². The van der Waals surface area contributed by atoms with Crippen molar-refractivity contribution < 1.29 is 53.0 Å². The predicted molar refractivity (Wildman–Crippen MR) is 120 cm³/mol. The second-order valence-corrected chi connectivity index (χ2v) is 9.93. The molecule has 0 spiro atoms. The van der Waals surface area contributed by atoms with E-state index in [9.17, 15) is 23.4 Å². The summed E-state index contributed by atoms with van der Waals surface area (Å²) >= 11 is 5.87. The molecule has 3 rings (SSSR count). The Hall–Kier alpha value is -1.71. The van der Waals surface area contributed by atoms with Crippen LogP contribution in [0, 0.1) is 0 Å². The molecule has 0 saturated heterocycles. The fourth-order valence-corrected chi connectivity index (χ4v) is 4.64. The van der Waals surface area contributed by atoms with E-state index in [0.717, 1.165) is 11.1 Å². The number of carboxylic acids is 1. The third kappa shape index (κ3) is 7.39.